The Morgan fingerprint density at radius 2 is 1.94 bits per heavy atom. The highest BCUT2D eigenvalue weighted by Gasteiger charge is 2.29. The van der Waals surface area contributed by atoms with Crippen LogP contribution in [0, 0.1) is 0 Å². The van der Waals surface area contributed by atoms with Crippen molar-refractivity contribution in [3.05, 3.63) is 24.0 Å². The van der Waals surface area contributed by atoms with Gasteiger partial charge in [0.25, 0.3) is 0 Å². The van der Waals surface area contributed by atoms with Gasteiger partial charge in [0.15, 0.2) is 0 Å². The maximum atomic E-state index is 10.2. The van der Waals surface area contributed by atoms with Crippen LogP contribution in [0.1, 0.15) is 39.4 Å². The highest BCUT2D eigenvalue weighted by molar-refractivity contribution is 5.26. The van der Waals surface area contributed by atoms with Crippen LogP contribution in [0.3, 0.4) is 0 Å². The number of hydrogen-bond donors (Lipinski definition) is 1. The molecule has 1 rings (SSSR count). The number of pyridine rings is 1. The molecule has 0 aliphatic rings. The fraction of sp³-hybridized carbons (Fsp3) is 0.615. The fourth-order valence-electron chi connectivity index (χ4n) is 1.43. The van der Waals surface area contributed by atoms with E-state index in [9.17, 15) is 5.11 Å². The first-order chi connectivity index (χ1) is 7.86. The van der Waals surface area contributed by atoms with Gasteiger partial charge in [-0.1, -0.05) is 0 Å². The molecule has 1 heterocycles. The molecule has 0 fully saturated rings. The van der Waals surface area contributed by atoms with E-state index in [0.29, 0.717) is 11.3 Å². The summed E-state index contributed by atoms with van der Waals surface area (Å²) < 4.78 is 10.8. The predicted octanol–water partition coefficient (Wildman–Crippen LogP) is 2.33. The minimum Gasteiger partial charge on any atom is -0.489 e. The van der Waals surface area contributed by atoms with Gasteiger partial charge in [0, 0.05) is 18.9 Å². The van der Waals surface area contributed by atoms with Gasteiger partial charge in [-0.05, 0) is 33.8 Å². The van der Waals surface area contributed by atoms with E-state index in [-0.39, 0.29) is 6.10 Å². The molecule has 0 saturated heterocycles. The average Bonchev–Trinajstić information content (AvgIpc) is 2.27. The minimum absolute atomic E-state index is 0.0830. The van der Waals surface area contributed by atoms with Gasteiger partial charge < -0.3 is 14.6 Å². The van der Waals surface area contributed by atoms with E-state index in [0.717, 1.165) is 0 Å². The quantitative estimate of drug-likeness (QED) is 0.856. The first-order valence-electron chi connectivity index (χ1n) is 5.71. The third-order valence-corrected chi connectivity index (χ3v) is 2.61. The Kier molecular flexibility index (Phi) is 4.48. The van der Waals surface area contributed by atoms with Crippen molar-refractivity contribution in [3.63, 3.8) is 0 Å². The van der Waals surface area contributed by atoms with Gasteiger partial charge >= 0.3 is 0 Å². The Bertz CT molecular complexity index is 363. The molecule has 0 bridgehead atoms. The molecule has 0 aliphatic heterocycles. The summed E-state index contributed by atoms with van der Waals surface area (Å²) in [7, 11) is 1.57. The fourth-order valence-corrected chi connectivity index (χ4v) is 1.43. The van der Waals surface area contributed by atoms with E-state index < -0.39 is 11.7 Å². The molecular formula is C13H21NO3. The molecule has 0 aromatic carbocycles. The van der Waals surface area contributed by atoms with Crippen molar-refractivity contribution >= 4 is 0 Å². The summed E-state index contributed by atoms with van der Waals surface area (Å²) in [6, 6.07) is 1.79. The average molecular weight is 239 g/mol. The highest BCUT2D eigenvalue weighted by atomic mass is 16.5. The molecule has 1 atom stereocenters. The standard InChI is InChI=1S/C13H21NO3/c1-9(2)17-11-6-10(7-14-8-11)12(15)13(3,4)16-5/h6-9,12,15H,1-5H3. The zero-order valence-electron chi connectivity index (χ0n) is 11.1. The second-order valence-electron chi connectivity index (χ2n) is 4.83. The van der Waals surface area contributed by atoms with Gasteiger partial charge in [0.2, 0.25) is 0 Å². The van der Waals surface area contributed by atoms with E-state index in [2.05, 4.69) is 4.98 Å². The topological polar surface area (TPSA) is 51.6 Å². The summed E-state index contributed by atoms with van der Waals surface area (Å²) in [5.74, 6) is 0.656. The molecule has 0 aliphatic carbocycles. The maximum absolute atomic E-state index is 10.2. The van der Waals surface area contributed by atoms with Gasteiger partial charge in [-0.25, -0.2) is 0 Å². The van der Waals surface area contributed by atoms with E-state index in [1.165, 1.54) is 0 Å². The highest BCUT2D eigenvalue weighted by Crippen LogP contribution is 2.29. The van der Waals surface area contributed by atoms with Gasteiger partial charge in [-0.2, -0.15) is 0 Å². The molecule has 1 aromatic rings. The summed E-state index contributed by atoms with van der Waals surface area (Å²) >= 11 is 0. The van der Waals surface area contributed by atoms with Crippen LogP contribution in [0.2, 0.25) is 0 Å². The van der Waals surface area contributed by atoms with Crippen LogP contribution < -0.4 is 4.74 Å². The summed E-state index contributed by atoms with van der Waals surface area (Å²) in [5, 5.41) is 10.2. The Morgan fingerprint density at radius 3 is 2.47 bits per heavy atom. The lowest BCUT2D eigenvalue weighted by Gasteiger charge is -2.29. The Hall–Kier alpha value is -1.13. The number of aliphatic hydroxyl groups excluding tert-OH is 1. The van der Waals surface area contributed by atoms with Gasteiger partial charge in [-0.3, -0.25) is 4.98 Å². The molecular weight excluding hydrogens is 218 g/mol. The molecule has 0 saturated carbocycles. The third kappa shape index (κ3) is 3.68. The molecule has 96 valence electrons. The van der Waals surface area contributed by atoms with Crippen LogP contribution in [0.4, 0.5) is 0 Å². The predicted molar refractivity (Wildman–Crippen MR) is 66.0 cm³/mol. The van der Waals surface area contributed by atoms with E-state index in [1.807, 2.05) is 27.7 Å². The number of nitrogens with zero attached hydrogens (tertiary/aromatic N) is 1. The van der Waals surface area contributed by atoms with Gasteiger partial charge in [-0.15, -0.1) is 0 Å². The van der Waals surface area contributed by atoms with Crippen LogP contribution in [0.15, 0.2) is 18.5 Å². The number of ether oxygens (including phenoxy) is 2. The Morgan fingerprint density at radius 1 is 1.29 bits per heavy atom. The first kappa shape index (κ1) is 13.9. The molecule has 1 N–H and O–H groups in total. The monoisotopic (exact) mass is 239 g/mol. The van der Waals surface area contributed by atoms with Crippen molar-refractivity contribution in [1.82, 2.24) is 4.98 Å². The van der Waals surface area contributed by atoms with Crippen molar-refractivity contribution < 1.29 is 14.6 Å². The first-order valence-corrected chi connectivity index (χ1v) is 5.71. The Labute approximate surface area is 103 Å². The second kappa shape index (κ2) is 5.47. The summed E-state index contributed by atoms with van der Waals surface area (Å²) in [6.07, 6.45) is 2.60. The zero-order valence-corrected chi connectivity index (χ0v) is 11.1. The van der Waals surface area contributed by atoms with Crippen LogP contribution >= 0.6 is 0 Å². The van der Waals surface area contributed by atoms with Crippen LogP contribution in [-0.2, 0) is 4.74 Å². The van der Waals surface area contributed by atoms with Crippen LogP contribution in [0.5, 0.6) is 5.75 Å². The lowest BCUT2D eigenvalue weighted by atomic mass is 9.96. The van der Waals surface area contributed by atoms with Crippen molar-refractivity contribution in [2.75, 3.05) is 7.11 Å². The maximum Gasteiger partial charge on any atom is 0.138 e. The Balaban J connectivity index is 2.91. The molecule has 4 nitrogen and oxygen atoms in total. The van der Waals surface area contributed by atoms with Crippen molar-refractivity contribution in [3.8, 4) is 5.75 Å². The van der Waals surface area contributed by atoms with Gasteiger partial charge in [0.1, 0.15) is 11.9 Å². The number of rotatable bonds is 5. The molecule has 17 heavy (non-hydrogen) atoms. The molecule has 1 unspecified atom stereocenters. The van der Waals surface area contributed by atoms with Crippen LogP contribution in [-0.4, -0.2) is 28.9 Å². The lowest BCUT2D eigenvalue weighted by molar-refractivity contribution is -0.0795. The largest absolute Gasteiger partial charge is 0.489 e. The van der Waals surface area contributed by atoms with Gasteiger partial charge in [0.05, 0.1) is 17.9 Å². The smallest absolute Gasteiger partial charge is 0.138 e. The minimum atomic E-state index is -0.740. The van der Waals surface area contributed by atoms with E-state index in [4.69, 9.17) is 9.47 Å². The third-order valence-electron chi connectivity index (χ3n) is 2.61. The number of hydrogen-bond acceptors (Lipinski definition) is 4. The lowest BCUT2D eigenvalue weighted by Crippen LogP contribution is -2.31. The van der Waals surface area contributed by atoms with E-state index >= 15 is 0 Å². The van der Waals surface area contributed by atoms with E-state index in [1.54, 1.807) is 25.6 Å². The molecule has 0 amide bonds. The zero-order chi connectivity index (χ0) is 13.1. The number of aromatic nitrogens is 1. The molecule has 4 heteroatoms. The summed E-state index contributed by atoms with van der Waals surface area (Å²) in [6.45, 7) is 7.55. The number of aliphatic hydroxyl groups is 1. The number of methoxy groups -OCH3 is 1. The molecule has 0 spiro atoms. The summed E-state index contributed by atoms with van der Waals surface area (Å²) in [4.78, 5) is 4.07. The molecule has 0 radical (unpaired) electrons. The SMILES string of the molecule is COC(C)(C)C(O)c1cncc(OC(C)C)c1. The van der Waals surface area contributed by atoms with Crippen molar-refractivity contribution in [2.45, 2.75) is 45.5 Å². The van der Waals surface area contributed by atoms with Crippen molar-refractivity contribution in [2.24, 2.45) is 0 Å². The van der Waals surface area contributed by atoms with Crippen LogP contribution in [0.25, 0.3) is 0 Å². The second-order valence-corrected chi connectivity index (χ2v) is 4.83. The summed E-state index contributed by atoms with van der Waals surface area (Å²) in [5.41, 5.74) is 0.0352. The van der Waals surface area contributed by atoms with Crippen molar-refractivity contribution in [1.29, 1.82) is 0 Å². The normalized spacial score (nSPS) is 13.8. The molecule has 1 aromatic heterocycles.